The van der Waals surface area contributed by atoms with Gasteiger partial charge in [-0.05, 0) is 31.5 Å². The Hall–Kier alpha value is -2.89. The van der Waals surface area contributed by atoms with Crippen molar-refractivity contribution in [3.05, 3.63) is 41.5 Å². The van der Waals surface area contributed by atoms with E-state index in [-0.39, 0.29) is 5.78 Å². The Morgan fingerprint density at radius 2 is 1.92 bits per heavy atom. The van der Waals surface area contributed by atoms with Crippen LogP contribution in [0.4, 0.5) is 0 Å². The Morgan fingerprint density at radius 3 is 2.56 bits per heavy atom. The first-order valence-electron chi connectivity index (χ1n) is 8.12. The van der Waals surface area contributed by atoms with Crippen molar-refractivity contribution in [1.29, 1.82) is 0 Å². The first-order valence-corrected chi connectivity index (χ1v) is 8.12. The number of aryl methyl sites for hydroxylation is 2. The van der Waals surface area contributed by atoms with E-state index < -0.39 is 0 Å². The molecule has 2 aromatic heterocycles. The SMILES string of the molecule is CCC(=O)c1nc(C)nc2c1c(C)cn2-c1ccc(OC)cc1OC. The summed E-state index contributed by atoms with van der Waals surface area (Å²) in [7, 11) is 3.23. The number of carbonyl (C=O) groups excluding carboxylic acids is 1. The summed E-state index contributed by atoms with van der Waals surface area (Å²) < 4.78 is 12.7. The summed E-state index contributed by atoms with van der Waals surface area (Å²) in [6.07, 6.45) is 2.36. The lowest BCUT2D eigenvalue weighted by Gasteiger charge is -2.12. The lowest BCUT2D eigenvalue weighted by atomic mass is 10.1. The number of benzene rings is 1. The smallest absolute Gasteiger partial charge is 0.181 e. The number of ether oxygens (including phenoxy) is 2. The van der Waals surface area contributed by atoms with E-state index in [0.717, 1.165) is 16.6 Å². The predicted octanol–water partition coefficient (Wildman–Crippen LogP) is 3.65. The summed E-state index contributed by atoms with van der Waals surface area (Å²) in [6.45, 7) is 5.59. The van der Waals surface area contributed by atoms with Gasteiger partial charge < -0.3 is 9.47 Å². The van der Waals surface area contributed by atoms with Crippen molar-refractivity contribution >= 4 is 16.8 Å². The quantitative estimate of drug-likeness (QED) is 0.664. The third-order valence-electron chi connectivity index (χ3n) is 4.18. The molecule has 0 aliphatic carbocycles. The van der Waals surface area contributed by atoms with E-state index in [1.807, 2.05) is 42.8 Å². The first kappa shape index (κ1) is 17.0. The second-order valence-electron chi connectivity index (χ2n) is 5.81. The maximum atomic E-state index is 12.3. The van der Waals surface area contributed by atoms with E-state index in [4.69, 9.17) is 9.47 Å². The van der Waals surface area contributed by atoms with Gasteiger partial charge in [-0.25, -0.2) is 9.97 Å². The van der Waals surface area contributed by atoms with Gasteiger partial charge in [0.05, 0.1) is 25.3 Å². The molecule has 0 saturated carbocycles. The first-order chi connectivity index (χ1) is 12.0. The fourth-order valence-electron chi connectivity index (χ4n) is 2.95. The summed E-state index contributed by atoms with van der Waals surface area (Å²) in [5, 5.41) is 0.787. The van der Waals surface area contributed by atoms with Crippen LogP contribution in [0.1, 0.15) is 35.2 Å². The van der Waals surface area contributed by atoms with Crippen LogP contribution in [-0.2, 0) is 0 Å². The molecule has 0 aliphatic rings. The summed E-state index contributed by atoms with van der Waals surface area (Å²) in [5.41, 5.74) is 2.96. The van der Waals surface area contributed by atoms with Gasteiger partial charge in [-0.2, -0.15) is 0 Å². The van der Waals surface area contributed by atoms with Gasteiger partial charge in [0.15, 0.2) is 5.78 Å². The van der Waals surface area contributed by atoms with Crippen molar-refractivity contribution in [2.24, 2.45) is 0 Å². The summed E-state index contributed by atoms with van der Waals surface area (Å²) in [4.78, 5) is 21.3. The number of hydrogen-bond donors (Lipinski definition) is 0. The number of fused-ring (bicyclic) bond motifs is 1. The predicted molar refractivity (Wildman–Crippen MR) is 96.1 cm³/mol. The number of hydrogen-bond acceptors (Lipinski definition) is 5. The third-order valence-corrected chi connectivity index (χ3v) is 4.18. The van der Waals surface area contributed by atoms with Gasteiger partial charge >= 0.3 is 0 Å². The fourth-order valence-corrected chi connectivity index (χ4v) is 2.95. The van der Waals surface area contributed by atoms with Crippen LogP contribution in [0.3, 0.4) is 0 Å². The minimum atomic E-state index is 0.0121. The number of ketones is 1. The molecule has 0 N–H and O–H groups in total. The Labute approximate surface area is 146 Å². The Balaban J connectivity index is 2.32. The standard InChI is InChI=1S/C19H21N3O3/c1-6-15(23)18-17-11(2)10-22(19(17)21-12(3)20-18)14-8-7-13(24-4)9-16(14)25-5/h7-10H,6H2,1-5H3. The Morgan fingerprint density at radius 1 is 1.16 bits per heavy atom. The average Bonchev–Trinajstić information content (AvgIpc) is 2.95. The van der Waals surface area contributed by atoms with Crippen molar-refractivity contribution in [3.8, 4) is 17.2 Å². The van der Waals surface area contributed by atoms with E-state index in [9.17, 15) is 4.79 Å². The maximum absolute atomic E-state index is 12.3. The molecule has 1 aromatic carbocycles. The Kier molecular flexibility index (Phi) is 4.44. The van der Waals surface area contributed by atoms with Crippen LogP contribution < -0.4 is 9.47 Å². The van der Waals surface area contributed by atoms with Crippen LogP contribution >= 0.6 is 0 Å². The highest BCUT2D eigenvalue weighted by Gasteiger charge is 2.20. The number of aromatic nitrogens is 3. The minimum Gasteiger partial charge on any atom is -0.497 e. The van der Waals surface area contributed by atoms with E-state index in [2.05, 4.69) is 9.97 Å². The molecule has 0 atom stereocenters. The van der Waals surface area contributed by atoms with Gasteiger partial charge in [0.25, 0.3) is 0 Å². The van der Waals surface area contributed by atoms with Gasteiger partial charge in [-0.3, -0.25) is 9.36 Å². The fraction of sp³-hybridized carbons (Fsp3) is 0.316. The van der Waals surface area contributed by atoms with Gasteiger partial charge in [-0.1, -0.05) is 6.92 Å². The van der Waals surface area contributed by atoms with Crippen molar-refractivity contribution < 1.29 is 14.3 Å². The van der Waals surface area contributed by atoms with Gasteiger partial charge in [0.1, 0.15) is 28.7 Å². The molecule has 0 saturated heterocycles. The third kappa shape index (κ3) is 2.84. The monoisotopic (exact) mass is 339 g/mol. The van der Waals surface area contributed by atoms with Crippen LogP contribution in [0.15, 0.2) is 24.4 Å². The molecule has 0 fully saturated rings. The molecule has 3 aromatic rings. The molecule has 6 nitrogen and oxygen atoms in total. The molecule has 0 unspecified atom stereocenters. The zero-order valence-electron chi connectivity index (χ0n) is 15.1. The molecular weight excluding hydrogens is 318 g/mol. The lowest BCUT2D eigenvalue weighted by molar-refractivity contribution is 0.0984. The van der Waals surface area contributed by atoms with Crippen molar-refractivity contribution in [1.82, 2.24) is 14.5 Å². The number of Topliss-reactive ketones (excluding diaryl/α,β-unsaturated/α-hetero) is 1. The molecule has 2 heterocycles. The van der Waals surface area contributed by atoms with Gasteiger partial charge in [0, 0.05) is 18.7 Å². The molecule has 130 valence electrons. The molecule has 6 heteroatoms. The topological polar surface area (TPSA) is 66.2 Å². The largest absolute Gasteiger partial charge is 0.497 e. The second-order valence-corrected chi connectivity index (χ2v) is 5.81. The van der Waals surface area contributed by atoms with Gasteiger partial charge in [-0.15, -0.1) is 0 Å². The minimum absolute atomic E-state index is 0.0121. The van der Waals surface area contributed by atoms with Crippen LogP contribution in [0, 0.1) is 13.8 Å². The van der Waals surface area contributed by atoms with Crippen molar-refractivity contribution in [2.75, 3.05) is 14.2 Å². The van der Waals surface area contributed by atoms with Crippen LogP contribution in [0.2, 0.25) is 0 Å². The lowest BCUT2D eigenvalue weighted by Crippen LogP contribution is -2.06. The number of methoxy groups -OCH3 is 2. The molecule has 0 aliphatic heterocycles. The summed E-state index contributed by atoms with van der Waals surface area (Å²) in [5.74, 6) is 1.95. The molecule has 3 rings (SSSR count). The van der Waals surface area contributed by atoms with E-state index in [0.29, 0.717) is 35.1 Å². The van der Waals surface area contributed by atoms with Crippen LogP contribution in [-0.4, -0.2) is 34.5 Å². The molecule has 0 spiro atoms. The molecule has 0 bridgehead atoms. The molecule has 0 amide bonds. The maximum Gasteiger partial charge on any atom is 0.181 e. The van der Waals surface area contributed by atoms with Crippen LogP contribution in [0.25, 0.3) is 16.7 Å². The van der Waals surface area contributed by atoms with E-state index in [1.165, 1.54) is 0 Å². The highest BCUT2D eigenvalue weighted by atomic mass is 16.5. The number of rotatable bonds is 5. The summed E-state index contributed by atoms with van der Waals surface area (Å²) in [6, 6.07) is 5.60. The summed E-state index contributed by atoms with van der Waals surface area (Å²) >= 11 is 0. The highest BCUT2D eigenvalue weighted by molar-refractivity contribution is 6.06. The zero-order chi connectivity index (χ0) is 18.1. The average molecular weight is 339 g/mol. The Bertz CT molecular complexity index is 960. The van der Waals surface area contributed by atoms with Crippen LogP contribution in [0.5, 0.6) is 11.5 Å². The second kappa shape index (κ2) is 6.55. The van der Waals surface area contributed by atoms with Crippen molar-refractivity contribution in [3.63, 3.8) is 0 Å². The number of nitrogens with zero attached hydrogens (tertiary/aromatic N) is 3. The molecular formula is C19H21N3O3. The molecule has 25 heavy (non-hydrogen) atoms. The van der Waals surface area contributed by atoms with E-state index in [1.54, 1.807) is 21.1 Å². The molecule has 0 radical (unpaired) electrons. The van der Waals surface area contributed by atoms with Gasteiger partial charge in [0.2, 0.25) is 0 Å². The number of carbonyl (C=O) groups is 1. The normalized spacial score (nSPS) is 10.9. The van der Waals surface area contributed by atoms with E-state index >= 15 is 0 Å². The highest BCUT2D eigenvalue weighted by Crippen LogP contribution is 2.32. The zero-order valence-corrected chi connectivity index (χ0v) is 15.1. The van der Waals surface area contributed by atoms with Crippen molar-refractivity contribution in [2.45, 2.75) is 27.2 Å².